The molecule has 1 unspecified atom stereocenters. The van der Waals surface area contributed by atoms with E-state index >= 15 is 0 Å². The molecule has 2 aromatic carbocycles. The van der Waals surface area contributed by atoms with Gasteiger partial charge in [0.1, 0.15) is 11.9 Å². The van der Waals surface area contributed by atoms with Gasteiger partial charge in [-0.05, 0) is 35.9 Å². The standard InChI is InChI=1S/C21H22FN3O5S/c22-17-6-4-15(5-7-17)19-13-24(10-11-30-19)21(27)16-2-1-3-18(12-16)31(28,29)25-9-8-23-20(26)14-25/h1-7,12,19H,8-11,13-14H2,(H,23,26). The van der Waals surface area contributed by atoms with Crippen LogP contribution in [-0.2, 0) is 19.6 Å². The van der Waals surface area contributed by atoms with Crippen molar-refractivity contribution < 1.29 is 27.1 Å². The van der Waals surface area contributed by atoms with E-state index in [0.717, 1.165) is 9.87 Å². The molecule has 2 aliphatic heterocycles. The molecule has 2 aliphatic rings. The molecule has 2 saturated heterocycles. The molecule has 0 aromatic heterocycles. The smallest absolute Gasteiger partial charge is 0.254 e. The molecule has 2 heterocycles. The van der Waals surface area contributed by atoms with E-state index in [1.165, 1.54) is 30.3 Å². The van der Waals surface area contributed by atoms with Gasteiger partial charge in [-0.25, -0.2) is 12.8 Å². The lowest BCUT2D eigenvalue weighted by Gasteiger charge is -2.33. The maximum atomic E-state index is 13.2. The van der Waals surface area contributed by atoms with Crippen LogP contribution in [0.5, 0.6) is 0 Å². The highest BCUT2D eigenvalue weighted by Crippen LogP contribution is 2.25. The molecule has 0 spiro atoms. The number of hydrogen-bond donors (Lipinski definition) is 1. The van der Waals surface area contributed by atoms with E-state index in [9.17, 15) is 22.4 Å². The number of piperazine rings is 1. The van der Waals surface area contributed by atoms with Crippen LogP contribution in [0.3, 0.4) is 0 Å². The number of sulfonamides is 1. The molecule has 0 bridgehead atoms. The van der Waals surface area contributed by atoms with Crippen LogP contribution < -0.4 is 5.32 Å². The molecular formula is C21H22FN3O5S. The van der Waals surface area contributed by atoms with Crippen molar-refractivity contribution in [3.8, 4) is 0 Å². The lowest BCUT2D eigenvalue weighted by molar-refractivity contribution is -0.122. The number of amides is 2. The molecule has 4 rings (SSSR count). The second kappa shape index (κ2) is 8.74. The molecule has 164 valence electrons. The quantitative estimate of drug-likeness (QED) is 0.759. The van der Waals surface area contributed by atoms with Gasteiger partial charge in [-0.3, -0.25) is 9.59 Å². The number of nitrogens with one attached hydrogen (secondary N) is 1. The molecule has 31 heavy (non-hydrogen) atoms. The summed E-state index contributed by atoms with van der Waals surface area (Å²) in [5, 5.41) is 2.59. The molecule has 0 radical (unpaired) electrons. The van der Waals surface area contributed by atoms with Gasteiger partial charge < -0.3 is 15.0 Å². The molecule has 0 saturated carbocycles. The predicted molar refractivity (Wildman–Crippen MR) is 109 cm³/mol. The Kier molecular flexibility index (Phi) is 6.03. The first kappa shape index (κ1) is 21.4. The van der Waals surface area contributed by atoms with Crippen molar-refractivity contribution in [2.45, 2.75) is 11.0 Å². The monoisotopic (exact) mass is 447 g/mol. The van der Waals surface area contributed by atoms with Crippen molar-refractivity contribution >= 4 is 21.8 Å². The summed E-state index contributed by atoms with van der Waals surface area (Å²) in [5.41, 5.74) is 1.00. The number of halogens is 1. The van der Waals surface area contributed by atoms with Crippen LogP contribution in [-0.4, -0.2) is 68.8 Å². The Morgan fingerprint density at radius 2 is 1.90 bits per heavy atom. The Hall–Kier alpha value is -2.82. The molecule has 2 fully saturated rings. The van der Waals surface area contributed by atoms with Gasteiger partial charge in [-0.2, -0.15) is 4.31 Å². The molecule has 10 heteroatoms. The molecule has 0 aliphatic carbocycles. The number of morpholine rings is 1. The average Bonchev–Trinajstić information content (AvgIpc) is 2.79. The first-order valence-electron chi connectivity index (χ1n) is 9.88. The number of rotatable bonds is 4. The lowest BCUT2D eigenvalue weighted by Crippen LogP contribution is -2.49. The highest BCUT2D eigenvalue weighted by molar-refractivity contribution is 7.89. The van der Waals surface area contributed by atoms with E-state index < -0.39 is 16.1 Å². The van der Waals surface area contributed by atoms with Crippen molar-refractivity contribution in [3.63, 3.8) is 0 Å². The second-order valence-corrected chi connectivity index (χ2v) is 9.32. The van der Waals surface area contributed by atoms with Gasteiger partial charge >= 0.3 is 0 Å². The molecular weight excluding hydrogens is 425 g/mol. The van der Waals surface area contributed by atoms with Crippen molar-refractivity contribution in [2.24, 2.45) is 0 Å². The summed E-state index contributed by atoms with van der Waals surface area (Å²) < 4.78 is 45.9. The van der Waals surface area contributed by atoms with E-state index in [0.29, 0.717) is 13.2 Å². The fourth-order valence-corrected chi connectivity index (χ4v) is 5.10. The molecule has 8 nitrogen and oxygen atoms in total. The van der Waals surface area contributed by atoms with Gasteiger partial charge in [0, 0.05) is 25.2 Å². The predicted octanol–water partition coefficient (Wildman–Crippen LogP) is 1.16. The van der Waals surface area contributed by atoms with Crippen LogP contribution in [0.2, 0.25) is 0 Å². The van der Waals surface area contributed by atoms with Gasteiger partial charge in [0.05, 0.1) is 24.6 Å². The number of hydrogen-bond acceptors (Lipinski definition) is 5. The maximum Gasteiger partial charge on any atom is 0.254 e. The third-order valence-electron chi connectivity index (χ3n) is 5.32. The lowest BCUT2D eigenvalue weighted by atomic mass is 10.1. The Balaban J connectivity index is 1.52. The van der Waals surface area contributed by atoms with Gasteiger partial charge in [0.25, 0.3) is 5.91 Å². The summed E-state index contributed by atoms with van der Waals surface area (Å²) in [5.74, 6) is -1.03. The molecule has 1 atom stereocenters. The summed E-state index contributed by atoms with van der Waals surface area (Å²) in [6.45, 7) is 1.12. The summed E-state index contributed by atoms with van der Waals surface area (Å²) in [6, 6.07) is 11.8. The van der Waals surface area contributed by atoms with Crippen LogP contribution in [0.4, 0.5) is 4.39 Å². The Labute approximate surface area is 179 Å². The van der Waals surface area contributed by atoms with Gasteiger partial charge in [-0.15, -0.1) is 0 Å². The minimum absolute atomic E-state index is 0.0311. The zero-order valence-corrected chi connectivity index (χ0v) is 17.5. The van der Waals surface area contributed by atoms with Crippen LogP contribution in [0.15, 0.2) is 53.4 Å². The largest absolute Gasteiger partial charge is 0.370 e. The summed E-state index contributed by atoms with van der Waals surface area (Å²) >= 11 is 0. The second-order valence-electron chi connectivity index (χ2n) is 7.38. The van der Waals surface area contributed by atoms with Crippen molar-refractivity contribution in [3.05, 3.63) is 65.5 Å². The van der Waals surface area contributed by atoms with Crippen LogP contribution >= 0.6 is 0 Å². The SMILES string of the molecule is O=C1CN(S(=O)(=O)c2cccc(C(=O)N3CCOC(c4ccc(F)cc4)C3)c2)CCN1. The summed E-state index contributed by atoms with van der Waals surface area (Å²) in [6.07, 6.45) is -0.392. The topological polar surface area (TPSA) is 96.0 Å². The fourth-order valence-electron chi connectivity index (χ4n) is 3.65. The van der Waals surface area contributed by atoms with E-state index in [1.54, 1.807) is 23.1 Å². The molecule has 1 N–H and O–H groups in total. The van der Waals surface area contributed by atoms with E-state index in [2.05, 4.69) is 5.32 Å². The van der Waals surface area contributed by atoms with Crippen molar-refractivity contribution in [2.75, 3.05) is 39.3 Å². The maximum absolute atomic E-state index is 13.2. The van der Waals surface area contributed by atoms with E-state index in [4.69, 9.17) is 4.74 Å². The number of carbonyl (C=O) groups excluding carboxylic acids is 2. The first-order chi connectivity index (χ1) is 14.8. The van der Waals surface area contributed by atoms with E-state index in [1.807, 2.05) is 0 Å². The number of nitrogens with zero attached hydrogens (tertiary/aromatic N) is 2. The van der Waals surface area contributed by atoms with Crippen LogP contribution in [0.25, 0.3) is 0 Å². The zero-order valence-electron chi connectivity index (χ0n) is 16.7. The number of benzene rings is 2. The minimum Gasteiger partial charge on any atom is -0.370 e. The third kappa shape index (κ3) is 4.60. The van der Waals surface area contributed by atoms with Gasteiger partial charge in [0.15, 0.2) is 0 Å². The van der Waals surface area contributed by atoms with Gasteiger partial charge in [-0.1, -0.05) is 18.2 Å². The highest BCUT2D eigenvalue weighted by atomic mass is 32.2. The average molecular weight is 447 g/mol. The van der Waals surface area contributed by atoms with Crippen molar-refractivity contribution in [1.29, 1.82) is 0 Å². The van der Waals surface area contributed by atoms with Crippen molar-refractivity contribution in [1.82, 2.24) is 14.5 Å². The van der Waals surface area contributed by atoms with E-state index in [-0.39, 0.29) is 54.3 Å². The van der Waals surface area contributed by atoms with Crippen LogP contribution in [0, 0.1) is 5.82 Å². The molecule has 2 amide bonds. The van der Waals surface area contributed by atoms with Crippen LogP contribution in [0.1, 0.15) is 22.0 Å². The Morgan fingerprint density at radius 1 is 1.13 bits per heavy atom. The number of carbonyl (C=O) groups is 2. The summed E-state index contributed by atoms with van der Waals surface area (Å²) in [4.78, 5) is 26.2. The third-order valence-corrected chi connectivity index (χ3v) is 7.16. The number of ether oxygens (including phenoxy) is 1. The Morgan fingerprint density at radius 3 is 2.65 bits per heavy atom. The van der Waals surface area contributed by atoms with Gasteiger partial charge in [0.2, 0.25) is 15.9 Å². The summed E-state index contributed by atoms with van der Waals surface area (Å²) in [7, 11) is -3.90. The highest BCUT2D eigenvalue weighted by Gasteiger charge is 2.31. The fraction of sp³-hybridized carbons (Fsp3) is 0.333. The molecule has 2 aromatic rings. The minimum atomic E-state index is -3.90. The first-order valence-corrected chi connectivity index (χ1v) is 11.3. The normalized spacial score (nSPS) is 20.4. The zero-order chi connectivity index (χ0) is 22.0. The Bertz CT molecular complexity index is 1090.